The number of hydrogen-bond donors (Lipinski definition) is 2. The highest BCUT2D eigenvalue weighted by molar-refractivity contribution is 7.92. The molecule has 2 N–H and O–H groups in total. The Balaban J connectivity index is 1.23. The van der Waals surface area contributed by atoms with Gasteiger partial charge in [-0.3, -0.25) is 19.3 Å². The molecule has 1 aromatic carbocycles. The number of sulfonamides is 1. The number of benzene rings is 1. The van der Waals surface area contributed by atoms with Gasteiger partial charge in [-0.15, -0.1) is 0 Å². The largest absolute Gasteiger partial charge is 0.367 e. The zero-order chi connectivity index (χ0) is 27.7. The predicted octanol–water partition coefficient (Wildman–Crippen LogP) is 3.81. The molecule has 2 aromatic heterocycles. The maximum atomic E-state index is 13.0. The monoisotopic (exact) mass is 570 g/mol. The van der Waals surface area contributed by atoms with Crippen LogP contribution < -0.4 is 14.9 Å². The number of anilines is 3. The van der Waals surface area contributed by atoms with E-state index in [4.69, 9.17) is 11.6 Å². The van der Waals surface area contributed by atoms with Crippen LogP contribution in [-0.2, 0) is 21.9 Å². The van der Waals surface area contributed by atoms with E-state index in [1.807, 2.05) is 34.8 Å². The molecular weight excluding hydrogens is 540 g/mol. The molecule has 10 nitrogen and oxygen atoms in total. The van der Waals surface area contributed by atoms with Gasteiger partial charge in [-0.05, 0) is 49.2 Å². The molecule has 206 valence electrons. The summed E-state index contributed by atoms with van der Waals surface area (Å²) in [6.07, 6.45) is 7.79. The number of pyridine rings is 1. The Morgan fingerprint density at radius 2 is 1.74 bits per heavy atom. The Bertz CT molecular complexity index is 1490. The molecule has 1 saturated heterocycles. The fourth-order valence-corrected chi connectivity index (χ4v) is 5.69. The minimum absolute atomic E-state index is 0.231. The van der Waals surface area contributed by atoms with Gasteiger partial charge in [-0.1, -0.05) is 18.0 Å². The van der Waals surface area contributed by atoms with E-state index in [1.54, 1.807) is 18.3 Å². The second-order valence-electron chi connectivity index (χ2n) is 10.1. The topological polar surface area (TPSA) is 117 Å². The van der Waals surface area contributed by atoms with Gasteiger partial charge >= 0.3 is 0 Å². The van der Waals surface area contributed by atoms with Gasteiger partial charge in [-0.25, -0.2) is 8.42 Å². The van der Waals surface area contributed by atoms with Crippen molar-refractivity contribution in [1.29, 1.82) is 0 Å². The average molecular weight is 571 g/mol. The first-order valence-electron chi connectivity index (χ1n) is 12.8. The molecular formula is C27H31ClN6O4S. The van der Waals surface area contributed by atoms with Gasteiger partial charge in [-0.2, -0.15) is 0 Å². The van der Waals surface area contributed by atoms with E-state index in [0.29, 0.717) is 17.2 Å². The number of carbonyl (C=O) groups excluding carboxylic acids is 2. The van der Waals surface area contributed by atoms with Gasteiger partial charge in [0, 0.05) is 56.1 Å². The Morgan fingerprint density at radius 1 is 1.03 bits per heavy atom. The molecule has 5 rings (SSSR count). The first-order valence-corrected chi connectivity index (χ1v) is 15.1. The number of nitrogens with one attached hydrogen (secondary N) is 2. The number of rotatable bonds is 7. The van der Waals surface area contributed by atoms with Crippen molar-refractivity contribution in [3.05, 3.63) is 59.4 Å². The summed E-state index contributed by atoms with van der Waals surface area (Å²) in [5.74, 6) is 0.171. The standard InChI is InChI=1S/C27H31ClN6O4S/c1-32-17-19(26(35)30-21-13-20(28)14-22(15-21)31-39(2,37)38)12-25(32)24-7-6-23(16-29-24)33-8-10-34(11-9-33)27(36)18-4-3-5-18/h6-7,12-18,31H,3-5,8-11H2,1-2H3,(H,30,35). The van der Waals surface area contributed by atoms with Gasteiger partial charge < -0.3 is 19.7 Å². The zero-order valence-corrected chi connectivity index (χ0v) is 23.4. The summed E-state index contributed by atoms with van der Waals surface area (Å²) in [5.41, 5.74) is 3.53. The summed E-state index contributed by atoms with van der Waals surface area (Å²) in [6, 6.07) is 10.2. The Kier molecular flexibility index (Phi) is 7.55. The molecule has 2 fully saturated rings. The van der Waals surface area contributed by atoms with Gasteiger partial charge in [0.25, 0.3) is 5.91 Å². The zero-order valence-electron chi connectivity index (χ0n) is 21.9. The molecule has 2 aliphatic rings. The summed E-state index contributed by atoms with van der Waals surface area (Å²) in [7, 11) is -1.65. The van der Waals surface area contributed by atoms with Crippen LogP contribution in [0.1, 0.15) is 29.6 Å². The Labute approximate surface area is 233 Å². The van der Waals surface area contributed by atoms with Crippen molar-refractivity contribution in [1.82, 2.24) is 14.5 Å². The molecule has 1 saturated carbocycles. The minimum atomic E-state index is -3.49. The first kappa shape index (κ1) is 27.0. The van der Waals surface area contributed by atoms with Crippen molar-refractivity contribution in [3.8, 4) is 11.4 Å². The molecule has 0 unspecified atom stereocenters. The maximum Gasteiger partial charge on any atom is 0.257 e. The molecule has 2 amide bonds. The van der Waals surface area contributed by atoms with Crippen LogP contribution in [0.25, 0.3) is 11.4 Å². The molecule has 3 heterocycles. The van der Waals surface area contributed by atoms with Gasteiger partial charge in [0.05, 0.1) is 40.8 Å². The van der Waals surface area contributed by atoms with Crippen molar-refractivity contribution in [2.24, 2.45) is 13.0 Å². The van der Waals surface area contributed by atoms with Crippen molar-refractivity contribution in [3.63, 3.8) is 0 Å². The van der Waals surface area contributed by atoms with Gasteiger partial charge in [0.2, 0.25) is 15.9 Å². The molecule has 0 spiro atoms. The summed E-state index contributed by atoms with van der Waals surface area (Å²) in [4.78, 5) is 34.4. The third-order valence-corrected chi connectivity index (χ3v) is 7.97. The fourth-order valence-electron chi connectivity index (χ4n) is 4.90. The lowest BCUT2D eigenvalue weighted by atomic mass is 9.84. The number of nitrogens with zero attached hydrogens (tertiary/aromatic N) is 4. The summed E-state index contributed by atoms with van der Waals surface area (Å²) >= 11 is 6.11. The van der Waals surface area contributed by atoms with E-state index in [9.17, 15) is 18.0 Å². The van der Waals surface area contributed by atoms with E-state index in [-0.39, 0.29) is 22.5 Å². The van der Waals surface area contributed by atoms with Crippen LogP contribution in [0.3, 0.4) is 0 Å². The van der Waals surface area contributed by atoms with Crippen molar-refractivity contribution >= 4 is 50.5 Å². The highest BCUT2D eigenvalue weighted by atomic mass is 35.5. The number of aromatic nitrogens is 2. The van der Waals surface area contributed by atoms with Crippen LogP contribution in [-0.4, -0.2) is 67.1 Å². The van der Waals surface area contributed by atoms with Crippen LogP contribution in [0, 0.1) is 5.92 Å². The molecule has 0 bridgehead atoms. The quantitative estimate of drug-likeness (QED) is 0.446. The van der Waals surface area contributed by atoms with Crippen molar-refractivity contribution < 1.29 is 18.0 Å². The van der Waals surface area contributed by atoms with Crippen LogP contribution in [0.15, 0.2) is 48.8 Å². The number of hydrogen-bond acceptors (Lipinski definition) is 6. The number of aryl methyl sites for hydroxylation is 1. The van der Waals surface area contributed by atoms with E-state index in [1.165, 1.54) is 12.1 Å². The summed E-state index contributed by atoms with van der Waals surface area (Å²) in [6.45, 7) is 3.01. The molecule has 39 heavy (non-hydrogen) atoms. The Morgan fingerprint density at radius 3 is 2.36 bits per heavy atom. The Hall–Kier alpha value is -3.57. The highest BCUT2D eigenvalue weighted by Crippen LogP contribution is 2.29. The highest BCUT2D eigenvalue weighted by Gasteiger charge is 2.31. The summed E-state index contributed by atoms with van der Waals surface area (Å²) < 4.78 is 27.3. The molecule has 1 aliphatic carbocycles. The number of piperazine rings is 1. The van der Waals surface area contributed by atoms with Crippen LogP contribution in [0.2, 0.25) is 5.02 Å². The average Bonchev–Trinajstić information content (AvgIpc) is 3.23. The molecule has 0 atom stereocenters. The predicted molar refractivity (Wildman–Crippen MR) is 153 cm³/mol. The second-order valence-corrected chi connectivity index (χ2v) is 12.3. The number of halogens is 1. The lowest BCUT2D eigenvalue weighted by Crippen LogP contribution is -2.51. The number of amides is 2. The van der Waals surface area contributed by atoms with Crippen molar-refractivity contribution in [2.75, 3.05) is 47.4 Å². The van der Waals surface area contributed by atoms with Crippen LogP contribution in [0.4, 0.5) is 17.1 Å². The molecule has 3 aromatic rings. The minimum Gasteiger partial charge on any atom is -0.367 e. The van der Waals surface area contributed by atoms with Crippen LogP contribution in [0.5, 0.6) is 0 Å². The van der Waals surface area contributed by atoms with Crippen LogP contribution >= 0.6 is 11.6 Å². The van der Waals surface area contributed by atoms with E-state index < -0.39 is 10.0 Å². The third-order valence-electron chi connectivity index (χ3n) is 7.15. The SMILES string of the molecule is Cn1cc(C(=O)Nc2cc(Cl)cc(NS(C)(=O)=O)c2)cc1-c1ccc(N2CCN(C(=O)C3CCC3)CC2)cn1. The van der Waals surface area contributed by atoms with E-state index in [2.05, 4.69) is 19.9 Å². The van der Waals surface area contributed by atoms with Gasteiger partial charge in [0.15, 0.2) is 0 Å². The third kappa shape index (κ3) is 6.36. The lowest BCUT2D eigenvalue weighted by molar-refractivity contribution is -0.138. The fraction of sp³-hybridized carbons (Fsp3) is 0.370. The molecule has 1 aliphatic heterocycles. The lowest BCUT2D eigenvalue weighted by Gasteiger charge is -2.39. The summed E-state index contributed by atoms with van der Waals surface area (Å²) in [5, 5.41) is 3.05. The smallest absolute Gasteiger partial charge is 0.257 e. The normalized spacial score (nSPS) is 16.1. The maximum absolute atomic E-state index is 13.0. The molecule has 12 heteroatoms. The number of carbonyl (C=O) groups is 2. The van der Waals surface area contributed by atoms with Gasteiger partial charge in [0.1, 0.15) is 0 Å². The van der Waals surface area contributed by atoms with E-state index >= 15 is 0 Å². The molecule has 0 radical (unpaired) electrons. The second kappa shape index (κ2) is 10.9. The van der Waals surface area contributed by atoms with Crippen molar-refractivity contribution in [2.45, 2.75) is 19.3 Å². The first-order chi connectivity index (χ1) is 18.6. The van der Waals surface area contributed by atoms with E-state index in [0.717, 1.165) is 68.8 Å².